The van der Waals surface area contributed by atoms with Gasteiger partial charge in [0.15, 0.2) is 23.2 Å². The van der Waals surface area contributed by atoms with Crippen LogP contribution in [0.25, 0.3) is 11.5 Å². The van der Waals surface area contributed by atoms with E-state index in [9.17, 15) is 13.9 Å². The lowest BCUT2D eigenvalue weighted by Crippen LogP contribution is -2.31. The summed E-state index contributed by atoms with van der Waals surface area (Å²) in [5.41, 5.74) is 2.80. The summed E-state index contributed by atoms with van der Waals surface area (Å²) < 4.78 is 32.1. The number of fused-ring (bicyclic) bond motifs is 1. The number of aromatic nitrogens is 3. The van der Waals surface area contributed by atoms with Crippen LogP contribution in [0.15, 0.2) is 36.7 Å². The Morgan fingerprint density at radius 2 is 2.04 bits per heavy atom. The largest absolute Gasteiger partial charge is 0.505 e. The molecule has 0 saturated heterocycles. The second kappa shape index (κ2) is 6.79. The molecule has 0 fully saturated rings. The number of pyridine rings is 1. The molecule has 1 aromatic carbocycles. The summed E-state index contributed by atoms with van der Waals surface area (Å²) in [5.74, 6) is -1.84. The Morgan fingerprint density at radius 1 is 1.19 bits per heavy atom. The van der Waals surface area contributed by atoms with E-state index in [2.05, 4.69) is 15.0 Å². The van der Waals surface area contributed by atoms with Crippen molar-refractivity contribution in [1.29, 1.82) is 0 Å². The highest BCUT2D eigenvalue weighted by molar-refractivity contribution is 5.55. The molecule has 0 bridgehead atoms. The van der Waals surface area contributed by atoms with E-state index in [0.717, 1.165) is 17.3 Å². The smallest absolute Gasteiger partial charge is 0.200 e. The maximum Gasteiger partial charge on any atom is 0.200 e. The number of halogens is 2. The molecule has 0 unspecified atom stereocenters. The molecule has 0 radical (unpaired) electrons. The standard InChI is InChI=1S/C19H16F2N4O2/c1-27-13-2-4-22-16(8-13)19-23-9-11-10-25(5-3-15(11)24-19)12-6-14(20)18(21)17(26)7-12/h2,4,6-9,26H,3,5,10H2,1H3. The fourth-order valence-electron chi connectivity index (χ4n) is 3.06. The second-order valence-corrected chi connectivity index (χ2v) is 6.18. The average molecular weight is 370 g/mol. The summed E-state index contributed by atoms with van der Waals surface area (Å²) in [5, 5.41) is 9.53. The van der Waals surface area contributed by atoms with Crippen molar-refractivity contribution in [3.05, 3.63) is 59.6 Å². The molecule has 2 aromatic heterocycles. The maximum absolute atomic E-state index is 13.6. The summed E-state index contributed by atoms with van der Waals surface area (Å²) in [6.07, 6.45) is 3.95. The molecule has 1 aliphatic heterocycles. The Labute approximate surface area is 154 Å². The Kier molecular flexibility index (Phi) is 4.31. The molecule has 0 saturated carbocycles. The van der Waals surface area contributed by atoms with E-state index < -0.39 is 17.4 Å². The zero-order chi connectivity index (χ0) is 19.0. The summed E-state index contributed by atoms with van der Waals surface area (Å²) >= 11 is 0. The van der Waals surface area contributed by atoms with Crippen LogP contribution in [0.4, 0.5) is 14.5 Å². The lowest BCUT2D eigenvalue weighted by molar-refractivity contribution is 0.407. The van der Waals surface area contributed by atoms with Crippen LogP contribution in [0.2, 0.25) is 0 Å². The molecule has 6 nitrogen and oxygen atoms in total. The van der Waals surface area contributed by atoms with Crippen molar-refractivity contribution < 1.29 is 18.6 Å². The summed E-state index contributed by atoms with van der Waals surface area (Å²) in [6.45, 7) is 0.991. The predicted octanol–water partition coefficient (Wildman–Crippen LogP) is 3.09. The normalized spacial score (nSPS) is 13.4. The highest BCUT2D eigenvalue weighted by Crippen LogP contribution is 2.30. The molecule has 3 heterocycles. The third-order valence-electron chi connectivity index (χ3n) is 4.49. The van der Waals surface area contributed by atoms with Gasteiger partial charge in [0.1, 0.15) is 11.4 Å². The molecule has 27 heavy (non-hydrogen) atoms. The minimum Gasteiger partial charge on any atom is -0.505 e. The first-order valence-electron chi connectivity index (χ1n) is 8.33. The fraction of sp³-hybridized carbons (Fsp3) is 0.211. The summed E-state index contributed by atoms with van der Waals surface area (Å²) in [6, 6.07) is 5.81. The maximum atomic E-state index is 13.6. The number of nitrogens with zero attached hydrogens (tertiary/aromatic N) is 4. The number of anilines is 1. The van der Waals surface area contributed by atoms with E-state index in [1.807, 2.05) is 4.90 Å². The Bertz CT molecular complexity index is 990. The Morgan fingerprint density at radius 3 is 2.81 bits per heavy atom. The van der Waals surface area contributed by atoms with Gasteiger partial charge in [0.05, 0.1) is 12.8 Å². The van der Waals surface area contributed by atoms with E-state index in [1.54, 1.807) is 31.6 Å². The first-order chi connectivity index (χ1) is 13.0. The monoisotopic (exact) mass is 370 g/mol. The molecule has 0 atom stereocenters. The Hall–Kier alpha value is -3.29. The van der Waals surface area contributed by atoms with E-state index in [1.165, 1.54) is 6.07 Å². The zero-order valence-corrected chi connectivity index (χ0v) is 14.5. The van der Waals surface area contributed by atoms with Gasteiger partial charge in [0.2, 0.25) is 0 Å². The molecule has 0 amide bonds. The van der Waals surface area contributed by atoms with Gasteiger partial charge in [0.25, 0.3) is 0 Å². The van der Waals surface area contributed by atoms with Gasteiger partial charge >= 0.3 is 0 Å². The third kappa shape index (κ3) is 3.25. The molecular formula is C19H16F2N4O2. The number of hydrogen-bond donors (Lipinski definition) is 1. The van der Waals surface area contributed by atoms with Crippen molar-refractivity contribution >= 4 is 5.69 Å². The van der Waals surface area contributed by atoms with Gasteiger partial charge in [-0.15, -0.1) is 0 Å². The number of hydrogen-bond acceptors (Lipinski definition) is 6. The Balaban J connectivity index is 1.61. The van der Waals surface area contributed by atoms with Crippen LogP contribution in [0.5, 0.6) is 11.5 Å². The van der Waals surface area contributed by atoms with Crippen molar-refractivity contribution in [2.75, 3.05) is 18.6 Å². The van der Waals surface area contributed by atoms with Gasteiger partial charge in [0, 0.05) is 61.4 Å². The van der Waals surface area contributed by atoms with Crippen LogP contribution in [-0.2, 0) is 13.0 Å². The summed E-state index contributed by atoms with van der Waals surface area (Å²) in [4.78, 5) is 15.1. The van der Waals surface area contributed by atoms with Crippen molar-refractivity contribution in [2.45, 2.75) is 13.0 Å². The molecule has 4 rings (SSSR count). The van der Waals surface area contributed by atoms with Crippen molar-refractivity contribution in [1.82, 2.24) is 15.0 Å². The van der Waals surface area contributed by atoms with Gasteiger partial charge < -0.3 is 14.7 Å². The highest BCUT2D eigenvalue weighted by Gasteiger charge is 2.21. The number of ether oxygens (including phenoxy) is 1. The van der Waals surface area contributed by atoms with Gasteiger partial charge in [-0.25, -0.2) is 14.4 Å². The van der Waals surface area contributed by atoms with Crippen LogP contribution >= 0.6 is 0 Å². The minimum absolute atomic E-state index is 0.413. The minimum atomic E-state index is -1.24. The molecule has 8 heteroatoms. The van der Waals surface area contributed by atoms with E-state index >= 15 is 0 Å². The number of aromatic hydroxyl groups is 1. The average Bonchev–Trinajstić information content (AvgIpc) is 2.71. The number of phenolic OH excluding ortho intramolecular Hbond substituents is 1. The van der Waals surface area contributed by atoms with Gasteiger partial charge in [-0.1, -0.05) is 0 Å². The quantitative estimate of drug-likeness (QED) is 0.764. The van der Waals surface area contributed by atoms with E-state index in [4.69, 9.17) is 4.74 Å². The first-order valence-corrected chi connectivity index (χ1v) is 8.33. The molecule has 3 aromatic rings. The van der Waals surface area contributed by atoms with Gasteiger partial charge in [-0.2, -0.15) is 4.39 Å². The van der Waals surface area contributed by atoms with Gasteiger partial charge in [-0.3, -0.25) is 4.98 Å². The molecule has 0 aliphatic carbocycles. The molecule has 1 N–H and O–H groups in total. The first kappa shape index (κ1) is 17.1. The predicted molar refractivity (Wildman–Crippen MR) is 94.6 cm³/mol. The van der Waals surface area contributed by atoms with E-state index in [0.29, 0.717) is 42.5 Å². The van der Waals surface area contributed by atoms with Crippen LogP contribution in [0, 0.1) is 11.6 Å². The zero-order valence-electron chi connectivity index (χ0n) is 14.5. The SMILES string of the molecule is COc1ccnc(-c2ncc3c(n2)CCN(c2cc(O)c(F)c(F)c2)C3)c1. The number of benzene rings is 1. The second-order valence-electron chi connectivity index (χ2n) is 6.18. The van der Waals surface area contributed by atoms with Gasteiger partial charge in [-0.05, 0) is 6.07 Å². The summed E-state index contributed by atoms with van der Waals surface area (Å²) in [7, 11) is 1.58. The van der Waals surface area contributed by atoms with Crippen LogP contribution in [0.3, 0.4) is 0 Å². The lowest BCUT2D eigenvalue weighted by atomic mass is 10.1. The van der Waals surface area contributed by atoms with Crippen LogP contribution in [-0.4, -0.2) is 33.7 Å². The van der Waals surface area contributed by atoms with Crippen LogP contribution < -0.4 is 9.64 Å². The molecule has 0 spiro atoms. The highest BCUT2D eigenvalue weighted by atomic mass is 19.2. The fourth-order valence-corrected chi connectivity index (χ4v) is 3.06. The molecule has 138 valence electrons. The molecule has 1 aliphatic rings. The van der Waals surface area contributed by atoms with E-state index in [-0.39, 0.29) is 0 Å². The lowest BCUT2D eigenvalue weighted by Gasteiger charge is -2.30. The van der Waals surface area contributed by atoms with Crippen LogP contribution in [0.1, 0.15) is 11.3 Å². The number of phenols is 1. The van der Waals surface area contributed by atoms with Crippen molar-refractivity contribution in [3.63, 3.8) is 0 Å². The number of methoxy groups -OCH3 is 1. The third-order valence-corrected chi connectivity index (χ3v) is 4.49. The van der Waals surface area contributed by atoms with Crippen molar-refractivity contribution in [2.24, 2.45) is 0 Å². The topological polar surface area (TPSA) is 71.4 Å². The molecular weight excluding hydrogens is 354 g/mol. The number of rotatable bonds is 3. The van der Waals surface area contributed by atoms with Crippen molar-refractivity contribution in [3.8, 4) is 23.0 Å².